The van der Waals surface area contributed by atoms with Gasteiger partial charge in [-0.1, -0.05) is 13.8 Å². The molecule has 0 aliphatic rings. The third kappa shape index (κ3) is 3.33. The highest BCUT2D eigenvalue weighted by atomic mass is 32.2. The van der Waals surface area contributed by atoms with Gasteiger partial charge in [-0.2, -0.15) is 0 Å². The number of aromatic amines is 1. The van der Waals surface area contributed by atoms with Crippen LogP contribution in [0.25, 0.3) is 11.4 Å². The largest absolute Gasteiger partial charge is 0.337 e. The van der Waals surface area contributed by atoms with Crippen LogP contribution in [0.3, 0.4) is 0 Å². The molecule has 0 aliphatic carbocycles. The molecule has 112 valence electrons. The third-order valence-corrected chi connectivity index (χ3v) is 4.06. The molecule has 0 unspecified atom stereocenters. The van der Waals surface area contributed by atoms with E-state index in [9.17, 15) is 0 Å². The van der Waals surface area contributed by atoms with Crippen molar-refractivity contribution in [2.75, 3.05) is 0 Å². The van der Waals surface area contributed by atoms with Gasteiger partial charge in [-0.25, -0.2) is 15.0 Å². The van der Waals surface area contributed by atoms with Crippen LogP contribution in [0.1, 0.15) is 25.2 Å². The molecule has 0 bridgehead atoms. The van der Waals surface area contributed by atoms with Crippen LogP contribution < -0.4 is 0 Å². The number of hydrogen-bond donors (Lipinski definition) is 1. The topological polar surface area (TPSA) is 67.3 Å². The summed E-state index contributed by atoms with van der Waals surface area (Å²) in [4.78, 5) is 21.0. The predicted octanol–water partition coefficient (Wildman–Crippen LogP) is 3.54. The van der Waals surface area contributed by atoms with Crippen molar-refractivity contribution in [3.63, 3.8) is 0 Å². The summed E-state index contributed by atoms with van der Waals surface area (Å²) in [5, 5.41) is 1.76. The SMILES string of the molecule is CCc1cc(Sc2ncc(CC)[nH]2)nc(-c2ccncc2)n1. The molecule has 22 heavy (non-hydrogen) atoms. The summed E-state index contributed by atoms with van der Waals surface area (Å²) >= 11 is 1.53. The fourth-order valence-electron chi connectivity index (χ4n) is 2.01. The molecule has 0 spiro atoms. The second kappa shape index (κ2) is 6.70. The van der Waals surface area contributed by atoms with Gasteiger partial charge in [0.25, 0.3) is 0 Å². The van der Waals surface area contributed by atoms with Crippen molar-refractivity contribution in [2.24, 2.45) is 0 Å². The molecular formula is C16H17N5S. The van der Waals surface area contributed by atoms with Gasteiger partial charge in [-0.05, 0) is 42.8 Å². The average Bonchev–Trinajstić information content (AvgIpc) is 3.03. The van der Waals surface area contributed by atoms with Gasteiger partial charge in [0.05, 0.1) is 0 Å². The second-order valence-electron chi connectivity index (χ2n) is 4.78. The molecule has 0 aromatic carbocycles. The number of nitrogens with zero attached hydrogens (tertiary/aromatic N) is 4. The molecule has 0 radical (unpaired) electrons. The Morgan fingerprint density at radius 2 is 1.91 bits per heavy atom. The van der Waals surface area contributed by atoms with Crippen LogP contribution in [-0.4, -0.2) is 24.9 Å². The number of hydrogen-bond acceptors (Lipinski definition) is 5. The van der Waals surface area contributed by atoms with Crippen molar-refractivity contribution in [3.05, 3.63) is 48.2 Å². The Labute approximate surface area is 133 Å². The monoisotopic (exact) mass is 311 g/mol. The van der Waals surface area contributed by atoms with Crippen LogP contribution in [0.2, 0.25) is 0 Å². The molecule has 3 rings (SSSR count). The maximum absolute atomic E-state index is 4.65. The quantitative estimate of drug-likeness (QED) is 0.730. The maximum Gasteiger partial charge on any atom is 0.171 e. The van der Waals surface area contributed by atoms with Gasteiger partial charge in [-0.3, -0.25) is 4.98 Å². The molecule has 0 saturated heterocycles. The normalized spacial score (nSPS) is 10.8. The van der Waals surface area contributed by atoms with Crippen molar-refractivity contribution < 1.29 is 0 Å². The predicted molar refractivity (Wildman–Crippen MR) is 86.7 cm³/mol. The molecule has 0 aliphatic heterocycles. The van der Waals surface area contributed by atoms with Gasteiger partial charge in [0.2, 0.25) is 0 Å². The van der Waals surface area contributed by atoms with Crippen LogP contribution in [-0.2, 0) is 12.8 Å². The molecule has 0 fully saturated rings. The van der Waals surface area contributed by atoms with Crippen LogP contribution >= 0.6 is 11.8 Å². The van der Waals surface area contributed by atoms with Gasteiger partial charge < -0.3 is 4.98 Å². The van der Waals surface area contributed by atoms with Crippen molar-refractivity contribution in [1.82, 2.24) is 24.9 Å². The van der Waals surface area contributed by atoms with Crippen molar-refractivity contribution in [3.8, 4) is 11.4 Å². The molecular weight excluding hydrogens is 294 g/mol. The smallest absolute Gasteiger partial charge is 0.171 e. The van der Waals surface area contributed by atoms with E-state index in [-0.39, 0.29) is 0 Å². The Balaban J connectivity index is 1.93. The number of aromatic nitrogens is 5. The number of H-pyrrole nitrogens is 1. The summed E-state index contributed by atoms with van der Waals surface area (Å²) in [6, 6.07) is 5.86. The first-order valence-electron chi connectivity index (χ1n) is 7.28. The summed E-state index contributed by atoms with van der Waals surface area (Å²) < 4.78 is 0. The van der Waals surface area contributed by atoms with Crippen LogP contribution in [0, 0.1) is 0 Å². The molecule has 0 atom stereocenters. The average molecular weight is 311 g/mol. The van der Waals surface area contributed by atoms with E-state index in [0.717, 1.165) is 45.8 Å². The van der Waals surface area contributed by atoms with E-state index in [0.29, 0.717) is 0 Å². The lowest BCUT2D eigenvalue weighted by Crippen LogP contribution is -1.97. The number of pyridine rings is 1. The summed E-state index contributed by atoms with van der Waals surface area (Å²) in [5.41, 5.74) is 3.12. The lowest BCUT2D eigenvalue weighted by atomic mass is 10.2. The van der Waals surface area contributed by atoms with Crippen molar-refractivity contribution >= 4 is 11.8 Å². The number of rotatable bonds is 5. The van der Waals surface area contributed by atoms with E-state index in [1.54, 1.807) is 12.4 Å². The number of imidazole rings is 1. The van der Waals surface area contributed by atoms with E-state index in [2.05, 4.69) is 38.8 Å². The molecule has 0 saturated carbocycles. The number of nitrogens with one attached hydrogen (secondary N) is 1. The minimum atomic E-state index is 0.728. The molecule has 3 aromatic rings. The van der Waals surface area contributed by atoms with E-state index >= 15 is 0 Å². The fourth-order valence-corrected chi connectivity index (χ4v) is 2.82. The summed E-state index contributed by atoms with van der Waals surface area (Å²) in [6.45, 7) is 4.19. The summed E-state index contributed by atoms with van der Waals surface area (Å²) in [6.07, 6.45) is 7.19. The highest BCUT2D eigenvalue weighted by Gasteiger charge is 2.09. The van der Waals surface area contributed by atoms with Crippen LogP contribution in [0.15, 0.2) is 47.0 Å². The standard InChI is InChI=1S/C16H17N5S/c1-3-12-9-14(22-16-18-10-13(4-2)20-16)21-15(19-12)11-5-7-17-8-6-11/h5-10H,3-4H2,1-2H3,(H,18,20). The molecule has 1 N–H and O–H groups in total. The lowest BCUT2D eigenvalue weighted by molar-refractivity contribution is 0.944. The van der Waals surface area contributed by atoms with Gasteiger partial charge >= 0.3 is 0 Å². The van der Waals surface area contributed by atoms with Crippen molar-refractivity contribution in [2.45, 2.75) is 36.9 Å². The highest BCUT2D eigenvalue weighted by molar-refractivity contribution is 7.99. The minimum absolute atomic E-state index is 0.728. The van der Waals surface area contributed by atoms with E-state index in [1.165, 1.54) is 11.8 Å². The van der Waals surface area contributed by atoms with Gasteiger partial charge in [0.1, 0.15) is 5.03 Å². The Kier molecular flexibility index (Phi) is 4.48. The second-order valence-corrected chi connectivity index (χ2v) is 5.79. The zero-order valence-corrected chi connectivity index (χ0v) is 13.4. The first kappa shape index (κ1) is 14.7. The Morgan fingerprint density at radius 1 is 1.09 bits per heavy atom. The van der Waals surface area contributed by atoms with Gasteiger partial charge in [0.15, 0.2) is 11.0 Å². The van der Waals surface area contributed by atoms with Gasteiger partial charge in [-0.15, -0.1) is 0 Å². The maximum atomic E-state index is 4.65. The lowest BCUT2D eigenvalue weighted by Gasteiger charge is -2.06. The van der Waals surface area contributed by atoms with Gasteiger partial charge in [0, 0.05) is 35.5 Å². The molecule has 3 heterocycles. The molecule has 5 nitrogen and oxygen atoms in total. The zero-order valence-electron chi connectivity index (χ0n) is 12.6. The van der Waals surface area contributed by atoms with E-state index < -0.39 is 0 Å². The first-order valence-corrected chi connectivity index (χ1v) is 8.10. The summed E-state index contributed by atoms with van der Waals surface area (Å²) in [7, 11) is 0. The molecule has 3 aromatic heterocycles. The number of aryl methyl sites for hydroxylation is 2. The Morgan fingerprint density at radius 3 is 2.59 bits per heavy atom. The summed E-state index contributed by atoms with van der Waals surface area (Å²) in [5.74, 6) is 0.728. The van der Waals surface area contributed by atoms with E-state index in [4.69, 9.17) is 0 Å². The first-order chi connectivity index (χ1) is 10.8. The van der Waals surface area contributed by atoms with Crippen LogP contribution in [0.4, 0.5) is 0 Å². The Bertz CT molecular complexity index is 754. The van der Waals surface area contributed by atoms with Crippen molar-refractivity contribution in [1.29, 1.82) is 0 Å². The van der Waals surface area contributed by atoms with E-state index in [1.807, 2.05) is 24.4 Å². The molecule has 6 heteroatoms. The minimum Gasteiger partial charge on any atom is -0.337 e. The Hall–Kier alpha value is -2.21. The zero-order chi connectivity index (χ0) is 15.4. The molecule has 0 amide bonds. The van der Waals surface area contributed by atoms with Crippen LogP contribution in [0.5, 0.6) is 0 Å². The fraction of sp³-hybridized carbons (Fsp3) is 0.250. The third-order valence-electron chi connectivity index (χ3n) is 3.24. The highest BCUT2D eigenvalue weighted by Crippen LogP contribution is 2.26.